The average Bonchev–Trinajstić information content (AvgIpc) is 2.20. The van der Waals surface area contributed by atoms with Crippen molar-refractivity contribution in [2.75, 3.05) is 0 Å². The van der Waals surface area contributed by atoms with Crippen LogP contribution >= 0.6 is 0 Å². The molecule has 0 spiro atoms. The van der Waals surface area contributed by atoms with Gasteiger partial charge >= 0.3 is 0 Å². The number of nitrogens with zero attached hydrogens (tertiary/aromatic N) is 6. The third-order valence-electron chi connectivity index (χ3n) is 1.73. The molecule has 2 aromatic rings. The number of hydrogen-bond donors (Lipinski definition) is 0. The van der Waals surface area contributed by atoms with Crippen molar-refractivity contribution in [1.29, 1.82) is 0 Å². The Morgan fingerprint density at radius 3 is 2.36 bits per heavy atom. The zero-order valence-corrected chi connectivity index (χ0v) is 7.84. The predicted molar refractivity (Wildman–Crippen MR) is 48.1 cm³/mol. The topological polar surface area (TPSA) is 77.3 Å². The minimum absolute atomic E-state index is 0.453. The summed E-state index contributed by atoms with van der Waals surface area (Å²) in [7, 11) is 0. The zero-order valence-electron chi connectivity index (χ0n) is 7.84. The highest BCUT2D eigenvalue weighted by Crippen LogP contribution is 2.13. The second-order valence-corrected chi connectivity index (χ2v) is 2.79. The number of aryl methyl sites for hydroxylation is 2. The van der Waals surface area contributed by atoms with Crippen molar-refractivity contribution in [2.45, 2.75) is 13.8 Å². The van der Waals surface area contributed by atoms with E-state index in [4.69, 9.17) is 0 Å². The van der Waals surface area contributed by atoms with Gasteiger partial charge in [0.1, 0.15) is 6.33 Å². The smallest absolute Gasteiger partial charge is 0.207 e. The Morgan fingerprint density at radius 2 is 1.71 bits per heavy atom. The molecule has 0 unspecified atom stereocenters. The third-order valence-corrected chi connectivity index (χ3v) is 1.73. The summed E-state index contributed by atoms with van der Waals surface area (Å²) in [4.78, 5) is 7.93. The second-order valence-electron chi connectivity index (χ2n) is 2.79. The van der Waals surface area contributed by atoms with Crippen LogP contribution in [-0.2, 0) is 0 Å². The van der Waals surface area contributed by atoms with Crippen molar-refractivity contribution in [2.24, 2.45) is 0 Å². The van der Waals surface area contributed by atoms with Crippen LogP contribution in [0.3, 0.4) is 0 Å². The third kappa shape index (κ3) is 1.54. The van der Waals surface area contributed by atoms with E-state index < -0.39 is 0 Å². The van der Waals surface area contributed by atoms with Gasteiger partial charge in [0, 0.05) is 6.20 Å². The number of aromatic nitrogens is 6. The summed E-state index contributed by atoms with van der Waals surface area (Å²) >= 11 is 0. The second kappa shape index (κ2) is 3.41. The standard InChI is InChI=1S/C8H8N6/c1-5-7(3-9-4-10-5)8-13-11-6(2)12-14-8/h3-4H,1-2H3. The van der Waals surface area contributed by atoms with E-state index >= 15 is 0 Å². The van der Waals surface area contributed by atoms with Crippen molar-refractivity contribution in [3.63, 3.8) is 0 Å². The molecule has 0 aliphatic carbocycles. The van der Waals surface area contributed by atoms with Gasteiger partial charge in [-0.2, -0.15) is 0 Å². The van der Waals surface area contributed by atoms with Crippen LogP contribution in [0.1, 0.15) is 11.5 Å². The fourth-order valence-electron chi connectivity index (χ4n) is 0.997. The Morgan fingerprint density at radius 1 is 1.00 bits per heavy atom. The molecule has 2 rings (SSSR count). The predicted octanol–water partition coefficient (Wildman–Crippen LogP) is 0.340. The molecule has 0 fully saturated rings. The lowest BCUT2D eigenvalue weighted by Crippen LogP contribution is -2.00. The molecule has 0 radical (unpaired) electrons. The van der Waals surface area contributed by atoms with Crippen molar-refractivity contribution < 1.29 is 0 Å². The molecule has 0 amide bonds. The molecule has 0 N–H and O–H groups in total. The normalized spacial score (nSPS) is 10.1. The average molecular weight is 188 g/mol. The molecular formula is C8H8N6. The molecular weight excluding hydrogens is 180 g/mol. The lowest BCUT2D eigenvalue weighted by Gasteiger charge is -1.99. The Hall–Kier alpha value is -1.98. The van der Waals surface area contributed by atoms with Crippen LogP contribution in [0, 0.1) is 13.8 Å². The summed E-state index contributed by atoms with van der Waals surface area (Å²) in [5, 5.41) is 15.4. The van der Waals surface area contributed by atoms with Crippen molar-refractivity contribution in [3.05, 3.63) is 24.0 Å². The molecule has 0 saturated carbocycles. The van der Waals surface area contributed by atoms with Crippen LogP contribution < -0.4 is 0 Å². The van der Waals surface area contributed by atoms with Crippen molar-refractivity contribution in [1.82, 2.24) is 30.4 Å². The molecule has 0 bridgehead atoms. The van der Waals surface area contributed by atoms with Gasteiger partial charge in [-0.05, 0) is 13.8 Å². The van der Waals surface area contributed by atoms with Crippen LogP contribution in [0.15, 0.2) is 12.5 Å². The summed E-state index contributed by atoms with van der Waals surface area (Å²) in [6, 6.07) is 0. The summed E-state index contributed by atoms with van der Waals surface area (Å²) in [5.74, 6) is 0.997. The molecule has 14 heavy (non-hydrogen) atoms. The van der Waals surface area contributed by atoms with Gasteiger partial charge in [-0.25, -0.2) is 9.97 Å². The maximum Gasteiger partial charge on any atom is 0.207 e. The lowest BCUT2D eigenvalue weighted by molar-refractivity contribution is 0.813. The van der Waals surface area contributed by atoms with Gasteiger partial charge in [-0.15, -0.1) is 20.4 Å². The van der Waals surface area contributed by atoms with E-state index in [1.807, 2.05) is 6.92 Å². The molecule has 0 atom stereocenters. The first-order valence-corrected chi connectivity index (χ1v) is 4.08. The monoisotopic (exact) mass is 188 g/mol. The van der Waals surface area contributed by atoms with Gasteiger partial charge in [0.2, 0.25) is 5.82 Å². The molecule has 0 aromatic carbocycles. The minimum atomic E-state index is 0.453. The van der Waals surface area contributed by atoms with Gasteiger partial charge in [-0.1, -0.05) is 0 Å². The molecule has 70 valence electrons. The first-order chi connectivity index (χ1) is 6.77. The SMILES string of the molecule is Cc1nnc(-c2cncnc2C)nn1. The zero-order chi connectivity index (χ0) is 9.97. The van der Waals surface area contributed by atoms with Gasteiger partial charge in [-0.3, -0.25) is 0 Å². The Kier molecular flexibility index (Phi) is 2.10. The minimum Gasteiger partial charge on any atom is -0.244 e. The molecule has 0 aliphatic heterocycles. The largest absolute Gasteiger partial charge is 0.244 e. The van der Waals surface area contributed by atoms with E-state index in [0.717, 1.165) is 11.3 Å². The van der Waals surface area contributed by atoms with Crippen LogP contribution in [0.4, 0.5) is 0 Å². The fourth-order valence-corrected chi connectivity index (χ4v) is 0.997. The number of hydrogen-bond acceptors (Lipinski definition) is 6. The highest BCUT2D eigenvalue weighted by Gasteiger charge is 2.06. The van der Waals surface area contributed by atoms with Crippen molar-refractivity contribution in [3.8, 4) is 11.4 Å². The van der Waals surface area contributed by atoms with E-state index in [-0.39, 0.29) is 0 Å². The number of rotatable bonds is 1. The summed E-state index contributed by atoms with van der Waals surface area (Å²) in [6.45, 7) is 3.60. The van der Waals surface area contributed by atoms with E-state index in [9.17, 15) is 0 Å². The van der Waals surface area contributed by atoms with Crippen LogP contribution in [0.5, 0.6) is 0 Å². The van der Waals surface area contributed by atoms with Crippen LogP contribution in [-0.4, -0.2) is 30.4 Å². The Balaban J connectivity index is 2.50. The van der Waals surface area contributed by atoms with Crippen molar-refractivity contribution >= 4 is 0 Å². The lowest BCUT2D eigenvalue weighted by atomic mass is 10.2. The molecule has 0 aliphatic rings. The van der Waals surface area contributed by atoms with E-state index in [0.29, 0.717) is 11.6 Å². The molecule has 2 heterocycles. The molecule has 6 heteroatoms. The highest BCUT2D eigenvalue weighted by molar-refractivity contribution is 5.54. The Labute approximate surface area is 80.5 Å². The maximum absolute atomic E-state index is 4.03. The van der Waals surface area contributed by atoms with Crippen LogP contribution in [0.25, 0.3) is 11.4 Å². The van der Waals surface area contributed by atoms with E-state index in [1.54, 1.807) is 13.1 Å². The molecule has 2 aromatic heterocycles. The van der Waals surface area contributed by atoms with E-state index in [1.165, 1.54) is 6.33 Å². The summed E-state index contributed by atoms with van der Waals surface area (Å²) < 4.78 is 0. The first kappa shape index (κ1) is 8.61. The Bertz CT molecular complexity index is 438. The summed E-state index contributed by atoms with van der Waals surface area (Å²) in [6.07, 6.45) is 3.13. The molecule has 6 nitrogen and oxygen atoms in total. The van der Waals surface area contributed by atoms with Gasteiger partial charge in [0.25, 0.3) is 0 Å². The van der Waals surface area contributed by atoms with Gasteiger partial charge in [0.05, 0.1) is 11.3 Å². The maximum atomic E-state index is 4.03. The summed E-state index contributed by atoms with van der Waals surface area (Å²) in [5.41, 5.74) is 1.57. The van der Waals surface area contributed by atoms with Gasteiger partial charge < -0.3 is 0 Å². The molecule has 0 saturated heterocycles. The fraction of sp³-hybridized carbons (Fsp3) is 0.250. The van der Waals surface area contributed by atoms with Gasteiger partial charge in [0.15, 0.2) is 5.82 Å². The van der Waals surface area contributed by atoms with E-state index in [2.05, 4.69) is 30.4 Å². The quantitative estimate of drug-likeness (QED) is 0.642. The van der Waals surface area contributed by atoms with Crippen LogP contribution in [0.2, 0.25) is 0 Å². The highest BCUT2D eigenvalue weighted by atomic mass is 15.3. The first-order valence-electron chi connectivity index (χ1n) is 4.08.